The molecule has 2 bridgehead atoms. The SMILES string of the molecule is CC(=O)OC[C@H]1O[C@H]2[C@H](OC(C)=O)[C@@H]([C@@H]1OC(C)=O)N(C(C)=O)C(=S)N2C(C)=O. The van der Waals surface area contributed by atoms with Crippen LogP contribution in [0.5, 0.6) is 0 Å². The van der Waals surface area contributed by atoms with Crippen molar-refractivity contribution in [2.24, 2.45) is 0 Å². The van der Waals surface area contributed by atoms with E-state index in [0.717, 1.165) is 23.6 Å². The van der Waals surface area contributed by atoms with Gasteiger partial charge in [0, 0.05) is 34.6 Å². The standard InChI is InChI=1S/C17H22N2O9S/c1-7(20)18-13-14(26-10(4)23)12(6-25-9(3)22)28-16(15(13)27-11(5)24)19(8(2)21)17(18)29/h12-16H,6H2,1-5H3/t12-,13-,14-,15-,16+/m1/s1. The Hall–Kier alpha value is -2.60. The van der Waals surface area contributed by atoms with Gasteiger partial charge >= 0.3 is 17.9 Å². The predicted octanol–water partition coefficient (Wildman–Crippen LogP) is -0.498. The summed E-state index contributed by atoms with van der Waals surface area (Å²) in [5.74, 6) is -3.13. The first-order chi connectivity index (χ1) is 13.5. The molecule has 2 amide bonds. The van der Waals surface area contributed by atoms with Crippen molar-refractivity contribution in [3.63, 3.8) is 0 Å². The summed E-state index contributed by atoms with van der Waals surface area (Å²) in [4.78, 5) is 61.4. The second kappa shape index (κ2) is 8.82. The van der Waals surface area contributed by atoms with Crippen molar-refractivity contribution in [2.45, 2.75) is 65.2 Å². The number of esters is 3. The lowest BCUT2D eigenvalue weighted by atomic mass is 9.90. The van der Waals surface area contributed by atoms with Crippen molar-refractivity contribution in [1.82, 2.24) is 9.80 Å². The minimum absolute atomic E-state index is 0.175. The highest BCUT2D eigenvalue weighted by molar-refractivity contribution is 7.80. The van der Waals surface area contributed by atoms with Crippen LogP contribution >= 0.6 is 12.2 Å². The van der Waals surface area contributed by atoms with Crippen LogP contribution < -0.4 is 0 Å². The summed E-state index contributed by atoms with van der Waals surface area (Å²) in [7, 11) is 0. The van der Waals surface area contributed by atoms with Crippen LogP contribution in [0.15, 0.2) is 0 Å². The lowest BCUT2D eigenvalue weighted by molar-refractivity contribution is -0.260. The molecule has 2 fully saturated rings. The minimum atomic E-state index is -1.20. The number of hydrogen-bond acceptors (Lipinski definition) is 10. The van der Waals surface area contributed by atoms with Crippen LogP contribution in [-0.4, -0.2) is 81.8 Å². The maximum Gasteiger partial charge on any atom is 0.303 e. The zero-order chi connectivity index (χ0) is 22.0. The van der Waals surface area contributed by atoms with Gasteiger partial charge in [0.1, 0.15) is 18.8 Å². The van der Waals surface area contributed by atoms with Crippen molar-refractivity contribution in [1.29, 1.82) is 0 Å². The van der Waals surface area contributed by atoms with Crippen LogP contribution in [0, 0.1) is 0 Å². The third-order valence-corrected chi connectivity index (χ3v) is 4.73. The summed E-state index contributed by atoms with van der Waals surface area (Å²) in [6.45, 7) is 5.57. The van der Waals surface area contributed by atoms with Gasteiger partial charge in [0.05, 0.1) is 0 Å². The summed E-state index contributed by atoms with van der Waals surface area (Å²) < 4.78 is 21.5. The highest BCUT2D eigenvalue weighted by Gasteiger charge is 2.60. The molecule has 29 heavy (non-hydrogen) atoms. The molecular weight excluding hydrogens is 408 g/mol. The number of ether oxygens (including phenoxy) is 4. The van der Waals surface area contributed by atoms with Gasteiger partial charge in [-0.1, -0.05) is 0 Å². The van der Waals surface area contributed by atoms with Crippen molar-refractivity contribution in [3.8, 4) is 0 Å². The number of fused-ring (bicyclic) bond motifs is 2. The molecule has 0 aliphatic carbocycles. The van der Waals surface area contributed by atoms with Crippen LogP contribution in [0.25, 0.3) is 0 Å². The minimum Gasteiger partial charge on any atom is -0.463 e. The number of carbonyl (C=O) groups excluding carboxylic acids is 5. The number of nitrogens with zero attached hydrogens (tertiary/aromatic N) is 2. The Morgan fingerprint density at radius 1 is 0.862 bits per heavy atom. The molecule has 2 aliphatic heterocycles. The Kier molecular flexibility index (Phi) is 6.90. The zero-order valence-electron chi connectivity index (χ0n) is 16.6. The maximum absolute atomic E-state index is 12.4. The first-order valence-electron chi connectivity index (χ1n) is 8.72. The molecule has 2 heterocycles. The second-order valence-electron chi connectivity index (χ2n) is 6.57. The zero-order valence-corrected chi connectivity index (χ0v) is 17.4. The number of carbonyl (C=O) groups is 5. The van der Waals surface area contributed by atoms with Gasteiger partial charge in [0.25, 0.3) is 0 Å². The van der Waals surface area contributed by atoms with E-state index in [4.69, 9.17) is 31.2 Å². The lowest BCUT2D eigenvalue weighted by Crippen LogP contribution is -2.77. The Labute approximate surface area is 172 Å². The van der Waals surface area contributed by atoms with Gasteiger partial charge < -0.3 is 18.9 Å². The largest absolute Gasteiger partial charge is 0.463 e. The van der Waals surface area contributed by atoms with Gasteiger partial charge in [0.15, 0.2) is 23.5 Å². The Morgan fingerprint density at radius 2 is 1.38 bits per heavy atom. The number of thiocarbonyl (C=S) groups is 1. The molecule has 0 unspecified atom stereocenters. The first-order valence-corrected chi connectivity index (χ1v) is 9.13. The normalized spacial score (nSPS) is 28.4. The fourth-order valence-corrected chi connectivity index (χ4v) is 3.90. The molecule has 0 aromatic rings. The fraction of sp³-hybridized carbons (Fsp3) is 0.647. The molecule has 2 saturated heterocycles. The molecule has 5 atom stereocenters. The third-order valence-electron chi connectivity index (χ3n) is 4.33. The quantitative estimate of drug-likeness (QED) is 0.327. The van der Waals surface area contributed by atoms with Gasteiger partial charge in [-0.3, -0.25) is 33.8 Å². The van der Waals surface area contributed by atoms with Crippen LogP contribution in [-0.2, 0) is 42.9 Å². The molecule has 0 aromatic heterocycles. The van der Waals surface area contributed by atoms with Crippen molar-refractivity contribution < 1.29 is 42.9 Å². The van der Waals surface area contributed by atoms with Crippen LogP contribution in [0.1, 0.15) is 34.6 Å². The number of rotatable bonds is 4. The average Bonchev–Trinajstić information content (AvgIpc) is 2.55. The monoisotopic (exact) mass is 430 g/mol. The van der Waals surface area contributed by atoms with Crippen molar-refractivity contribution in [3.05, 3.63) is 0 Å². The summed E-state index contributed by atoms with van der Waals surface area (Å²) in [6, 6.07) is -1.08. The smallest absolute Gasteiger partial charge is 0.303 e. The van der Waals surface area contributed by atoms with Gasteiger partial charge in [-0.05, 0) is 12.2 Å². The van der Waals surface area contributed by atoms with E-state index in [1.807, 2.05) is 0 Å². The molecule has 0 radical (unpaired) electrons. The van der Waals surface area contributed by atoms with Gasteiger partial charge in [0.2, 0.25) is 11.8 Å². The van der Waals surface area contributed by atoms with E-state index < -0.39 is 60.3 Å². The Balaban J connectivity index is 2.59. The van der Waals surface area contributed by atoms with E-state index >= 15 is 0 Å². The van der Waals surface area contributed by atoms with Gasteiger partial charge in [-0.15, -0.1) is 0 Å². The molecule has 2 aliphatic rings. The van der Waals surface area contributed by atoms with E-state index in [2.05, 4.69) is 0 Å². The van der Waals surface area contributed by atoms with E-state index in [0.29, 0.717) is 0 Å². The lowest BCUT2D eigenvalue weighted by Gasteiger charge is -2.55. The van der Waals surface area contributed by atoms with E-state index in [1.54, 1.807) is 0 Å². The third kappa shape index (κ3) is 4.70. The molecule has 0 saturated carbocycles. The van der Waals surface area contributed by atoms with Crippen LogP contribution in [0.2, 0.25) is 0 Å². The van der Waals surface area contributed by atoms with E-state index in [-0.39, 0.29) is 11.7 Å². The van der Waals surface area contributed by atoms with E-state index in [9.17, 15) is 24.0 Å². The molecule has 2 rings (SSSR count). The first kappa shape index (κ1) is 22.7. The van der Waals surface area contributed by atoms with Crippen LogP contribution in [0.3, 0.4) is 0 Å². The number of amides is 2. The molecular formula is C17H22N2O9S. The molecule has 160 valence electrons. The summed E-state index contributed by atoms with van der Waals surface area (Å²) in [6.07, 6.45) is -4.61. The Bertz CT molecular complexity index is 755. The van der Waals surface area contributed by atoms with Crippen molar-refractivity contribution in [2.75, 3.05) is 6.61 Å². The molecule has 11 nitrogen and oxygen atoms in total. The molecule has 0 spiro atoms. The summed E-state index contributed by atoms with van der Waals surface area (Å²) in [5, 5.41) is -0.175. The van der Waals surface area contributed by atoms with Crippen molar-refractivity contribution >= 4 is 47.1 Å². The second-order valence-corrected chi connectivity index (χ2v) is 6.93. The Morgan fingerprint density at radius 3 is 1.83 bits per heavy atom. The van der Waals surface area contributed by atoms with E-state index in [1.165, 1.54) is 20.8 Å². The number of hydrogen-bond donors (Lipinski definition) is 0. The maximum atomic E-state index is 12.4. The highest BCUT2D eigenvalue weighted by atomic mass is 32.1. The topological polar surface area (TPSA) is 129 Å². The van der Waals surface area contributed by atoms with Gasteiger partial charge in [-0.2, -0.15) is 0 Å². The van der Waals surface area contributed by atoms with Crippen LogP contribution in [0.4, 0.5) is 0 Å². The molecule has 0 N–H and O–H groups in total. The van der Waals surface area contributed by atoms with Gasteiger partial charge in [-0.25, -0.2) is 0 Å². The average molecular weight is 430 g/mol. The highest BCUT2D eigenvalue weighted by Crippen LogP contribution is 2.37. The summed E-state index contributed by atoms with van der Waals surface area (Å²) in [5.41, 5.74) is 0. The molecule has 0 aromatic carbocycles. The molecule has 12 heteroatoms. The summed E-state index contributed by atoms with van der Waals surface area (Å²) >= 11 is 5.30. The predicted molar refractivity (Wildman–Crippen MR) is 97.8 cm³/mol. The fourth-order valence-electron chi connectivity index (χ4n) is 3.41.